The van der Waals surface area contributed by atoms with E-state index in [1.54, 1.807) is 30.5 Å². The Labute approximate surface area is 190 Å². The number of fused-ring (bicyclic) bond motifs is 3. The molecule has 2 aromatic rings. The summed E-state index contributed by atoms with van der Waals surface area (Å²) in [5.74, 6) is 0.0598. The summed E-state index contributed by atoms with van der Waals surface area (Å²) in [5.41, 5.74) is 0.298. The van der Waals surface area contributed by atoms with Gasteiger partial charge in [0.2, 0.25) is 5.82 Å². The van der Waals surface area contributed by atoms with Crippen LogP contribution in [0, 0.1) is 5.82 Å². The summed E-state index contributed by atoms with van der Waals surface area (Å²) in [6.07, 6.45) is 6.95. The van der Waals surface area contributed by atoms with Crippen LogP contribution >= 0.6 is 0 Å². The van der Waals surface area contributed by atoms with E-state index in [2.05, 4.69) is 15.1 Å². The van der Waals surface area contributed by atoms with E-state index in [1.165, 1.54) is 11.0 Å². The fraction of sp³-hybridized carbons (Fsp3) is 0.565. The topological polar surface area (TPSA) is 93.3 Å². The SMILES string of the molecule is COC1(c2noc(C3N=CN4c5cccc(F)c5N(CC5CCCO5)C(=O)C34)n2)CCCC1. The van der Waals surface area contributed by atoms with Crippen molar-refractivity contribution >= 4 is 23.6 Å². The van der Waals surface area contributed by atoms with E-state index >= 15 is 0 Å². The van der Waals surface area contributed by atoms with Crippen molar-refractivity contribution in [3.8, 4) is 0 Å². The largest absolute Gasteiger partial charge is 0.376 e. The van der Waals surface area contributed by atoms with Gasteiger partial charge in [-0.3, -0.25) is 9.79 Å². The second-order valence-electron chi connectivity index (χ2n) is 9.11. The molecule has 10 heteroatoms. The predicted octanol–water partition coefficient (Wildman–Crippen LogP) is 3.11. The first-order chi connectivity index (χ1) is 16.1. The zero-order chi connectivity index (χ0) is 22.6. The van der Waals surface area contributed by atoms with Gasteiger partial charge in [0, 0.05) is 13.7 Å². The fourth-order valence-corrected chi connectivity index (χ4v) is 5.54. The van der Waals surface area contributed by atoms with Crippen LogP contribution in [0.4, 0.5) is 15.8 Å². The number of ether oxygens (including phenoxy) is 2. The molecule has 9 nitrogen and oxygen atoms in total. The van der Waals surface area contributed by atoms with Gasteiger partial charge in [-0.1, -0.05) is 11.2 Å². The lowest BCUT2D eigenvalue weighted by Crippen LogP contribution is -2.54. The van der Waals surface area contributed by atoms with Crippen molar-refractivity contribution < 1.29 is 23.2 Å². The van der Waals surface area contributed by atoms with E-state index in [4.69, 9.17) is 14.0 Å². The van der Waals surface area contributed by atoms with E-state index in [1.807, 2.05) is 0 Å². The number of hydrogen-bond acceptors (Lipinski definition) is 8. The van der Waals surface area contributed by atoms with Crippen molar-refractivity contribution in [3.05, 3.63) is 35.7 Å². The summed E-state index contributed by atoms with van der Waals surface area (Å²) >= 11 is 0. The van der Waals surface area contributed by atoms with Gasteiger partial charge < -0.3 is 23.8 Å². The van der Waals surface area contributed by atoms with Gasteiger partial charge in [0.15, 0.2) is 6.04 Å². The lowest BCUT2D eigenvalue weighted by Gasteiger charge is -2.40. The highest BCUT2D eigenvalue weighted by Gasteiger charge is 2.50. The molecule has 1 amide bonds. The zero-order valence-corrected chi connectivity index (χ0v) is 18.4. The first-order valence-corrected chi connectivity index (χ1v) is 11.5. The van der Waals surface area contributed by atoms with Crippen LogP contribution in [0.5, 0.6) is 0 Å². The summed E-state index contributed by atoms with van der Waals surface area (Å²) in [4.78, 5) is 26.1. The summed E-state index contributed by atoms with van der Waals surface area (Å²) in [7, 11) is 1.66. The van der Waals surface area contributed by atoms with E-state index in [9.17, 15) is 9.18 Å². The molecule has 4 aliphatic rings. The Morgan fingerprint density at radius 1 is 1.27 bits per heavy atom. The van der Waals surface area contributed by atoms with Crippen molar-refractivity contribution in [2.75, 3.05) is 30.1 Å². The van der Waals surface area contributed by atoms with Crippen molar-refractivity contribution in [1.82, 2.24) is 10.1 Å². The molecule has 0 N–H and O–H groups in total. The van der Waals surface area contributed by atoms with Gasteiger partial charge >= 0.3 is 0 Å². The molecule has 174 valence electrons. The Morgan fingerprint density at radius 3 is 2.88 bits per heavy atom. The fourth-order valence-electron chi connectivity index (χ4n) is 5.54. The Kier molecular flexibility index (Phi) is 4.95. The molecule has 3 atom stereocenters. The van der Waals surface area contributed by atoms with Gasteiger partial charge in [0.1, 0.15) is 23.1 Å². The number of carbonyl (C=O) groups is 1. The number of methoxy groups -OCH3 is 1. The van der Waals surface area contributed by atoms with Crippen LogP contribution in [-0.4, -0.2) is 54.8 Å². The standard InChI is InChI=1S/C23H26FN5O4/c1-31-23(9-2-3-10-23)22-26-20(33-27-22)17-19-21(30)28(12-14-6-5-11-32-14)18-15(24)7-4-8-16(18)29(19)13-25-17/h4,7-8,13-14,17,19H,2-3,5-6,9-12H2,1H3. The van der Waals surface area contributed by atoms with Gasteiger partial charge in [-0.25, -0.2) is 4.39 Å². The molecule has 6 rings (SSSR count). The van der Waals surface area contributed by atoms with Crippen LogP contribution in [0.15, 0.2) is 27.7 Å². The summed E-state index contributed by atoms with van der Waals surface area (Å²) in [6, 6.07) is 3.40. The molecule has 1 aromatic heterocycles. The maximum Gasteiger partial charge on any atom is 0.254 e. The molecular weight excluding hydrogens is 429 g/mol. The second kappa shape index (κ2) is 7.88. The van der Waals surface area contributed by atoms with Crippen molar-refractivity contribution in [2.24, 2.45) is 4.99 Å². The highest BCUT2D eigenvalue weighted by Crippen LogP contribution is 2.45. The van der Waals surface area contributed by atoms with Crippen molar-refractivity contribution in [1.29, 1.82) is 0 Å². The minimum atomic E-state index is -0.726. The lowest BCUT2D eigenvalue weighted by molar-refractivity contribution is -0.120. The average Bonchev–Trinajstić information content (AvgIpc) is 3.61. The van der Waals surface area contributed by atoms with Crippen LogP contribution in [0.3, 0.4) is 0 Å². The van der Waals surface area contributed by atoms with Gasteiger partial charge in [0.05, 0.1) is 24.7 Å². The quantitative estimate of drug-likeness (QED) is 0.684. The zero-order valence-electron chi connectivity index (χ0n) is 18.4. The number of rotatable bonds is 5. The van der Waals surface area contributed by atoms with Crippen molar-refractivity contribution in [3.63, 3.8) is 0 Å². The van der Waals surface area contributed by atoms with E-state index in [0.717, 1.165) is 38.5 Å². The average molecular weight is 455 g/mol. The van der Waals surface area contributed by atoms with Gasteiger partial charge in [0.25, 0.3) is 11.8 Å². The molecule has 2 fully saturated rings. The number of carbonyl (C=O) groups excluding carboxylic acids is 1. The highest BCUT2D eigenvalue weighted by atomic mass is 19.1. The number of halogens is 1. The number of anilines is 2. The maximum atomic E-state index is 14.9. The van der Waals surface area contributed by atoms with Gasteiger partial charge in [-0.15, -0.1) is 0 Å². The molecule has 4 heterocycles. The van der Waals surface area contributed by atoms with E-state index < -0.39 is 23.5 Å². The molecular formula is C23H26FN5O4. The third kappa shape index (κ3) is 3.18. The van der Waals surface area contributed by atoms with Crippen molar-refractivity contribution in [2.45, 2.75) is 62.3 Å². The number of nitrogens with zero attached hydrogens (tertiary/aromatic N) is 5. The summed E-state index contributed by atoms with van der Waals surface area (Å²) in [6.45, 7) is 0.954. The number of para-hydroxylation sites is 1. The lowest BCUT2D eigenvalue weighted by atomic mass is 9.99. The molecule has 1 saturated heterocycles. The molecule has 0 radical (unpaired) electrons. The number of aliphatic imine (C=N–C) groups is 1. The van der Waals surface area contributed by atoms with Crippen LogP contribution in [0.2, 0.25) is 0 Å². The summed E-state index contributed by atoms with van der Waals surface area (Å²) in [5, 5.41) is 4.20. The highest BCUT2D eigenvalue weighted by molar-refractivity contribution is 6.12. The minimum Gasteiger partial charge on any atom is -0.376 e. The molecule has 1 aromatic carbocycles. The van der Waals surface area contributed by atoms with Crippen LogP contribution in [-0.2, 0) is 19.9 Å². The number of benzene rings is 1. The molecule has 3 aliphatic heterocycles. The Bertz CT molecular complexity index is 1090. The van der Waals surface area contributed by atoms with Crippen LogP contribution < -0.4 is 9.80 Å². The molecule has 0 spiro atoms. The van der Waals surface area contributed by atoms with Gasteiger partial charge in [-0.2, -0.15) is 4.98 Å². The number of amides is 1. The Balaban J connectivity index is 1.36. The number of aromatic nitrogens is 2. The second-order valence-corrected chi connectivity index (χ2v) is 9.11. The Morgan fingerprint density at radius 2 is 2.12 bits per heavy atom. The molecule has 1 saturated carbocycles. The van der Waals surface area contributed by atoms with E-state index in [-0.39, 0.29) is 23.6 Å². The van der Waals surface area contributed by atoms with E-state index in [0.29, 0.717) is 24.7 Å². The number of hydrogen-bond donors (Lipinski definition) is 0. The maximum absolute atomic E-state index is 14.9. The molecule has 33 heavy (non-hydrogen) atoms. The van der Waals surface area contributed by atoms with Crippen LogP contribution in [0.1, 0.15) is 56.3 Å². The van der Waals surface area contributed by atoms with Gasteiger partial charge in [-0.05, 0) is 50.7 Å². The molecule has 3 unspecified atom stereocenters. The minimum absolute atomic E-state index is 0.118. The first kappa shape index (κ1) is 20.7. The molecule has 0 bridgehead atoms. The Hall–Kier alpha value is -2.85. The summed E-state index contributed by atoms with van der Waals surface area (Å²) < 4.78 is 32.1. The normalized spacial score (nSPS) is 27.9. The smallest absolute Gasteiger partial charge is 0.254 e. The predicted molar refractivity (Wildman–Crippen MR) is 117 cm³/mol. The third-order valence-corrected chi connectivity index (χ3v) is 7.30. The third-order valence-electron chi connectivity index (χ3n) is 7.30. The molecule has 1 aliphatic carbocycles. The first-order valence-electron chi connectivity index (χ1n) is 11.5. The van der Waals surface area contributed by atoms with Crippen LogP contribution in [0.25, 0.3) is 0 Å². The monoisotopic (exact) mass is 455 g/mol.